The number of ether oxygens (including phenoxy) is 1. The monoisotopic (exact) mass is 289 g/mol. The number of methoxy groups -OCH3 is 1. The summed E-state index contributed by atoms with van der Waals surface area (Å²) in [6.07, 6.45) is 3.70. The Bertz CT molecular complexity index is 774. The minimum atomic E-state index is 0.135. The molecule has 0 aromatic carbocycles. The summed E-state index contributed by atoms with van der Waals surface area (Å²) in [5.74, 6) is 0.575. The van der Waals surface area contributed by atoms with Crippen LogP contribution in [0.15, 0.2) is 30.6 Å². The Balaban J connectivity index is 2.05. The van der Waals surface area contributed by atoms with Crippen molar-refractivity contribution in [3.63, 3.8) is 0 Å². The average molecular weight is 289 g/mol. The maximum Gasteiger partial charge on any atom is 0.215 e. The summed E-state index contributed by atoms with van der Waals surface area (Å²) >= 11 is 5.40. The number of rotatable bonds is 4. The minimum absolute atomic E-state index is 0.135. The Morgan fingerprint density at radius 2 is 2.30 bits per heavy atom. The summed E-state index contributed by atoms with van der Waals surface area (Å²) in [6.45, 7) is 2.82. The van der Waals surface area contributed by atoms with Gasteiger partial charge in [-0.1, -0.05) is 0 Å². The van der Waals surface area contributed by atoms with Gasteiger partial charge in [-0.2, -0.15) is 10.1 Å². The van der Waals surface area contributed by atoms with Gasteiger partial charge in [-0.05, 0) is 31.3 Å². The second-order valence-electron chi connectivity index (χ2n) is 4.60. The maximum absolute atomic E-state index is 5.40. The van der Waals surface area contributed by atoms with Crippen LogP contribution in [0.5, 0.6) is 5.88 Å². The lowest BCUT2D eigenvalue weighted by atomic mass is 10.3. The molecule has 0 saturated carbocycles. The predicted octanol–water partition coefficient (Wildman–Crippen LogP) is 2.56. The molecule has 104 valence electrons. The van der Waals surface area contributed by atoms with Gasteiger partial charge in [0.2, 0.25) is 5.88 Å². The van der Waals surface area contributed by atoms with E-state index in [9.17, 15) is 0 Å². The molecule has 3 heterocycles. The smallest absolute Gasteiger partial charge is 0.215 e. The number of nitrogens with one attached hydrogen (secondary N) is 1. The molecule has 0 aliphatic heterocycles. The van der Waals surface area contributed by atoms with E-state index in [0.29, 0.717) is 10.7 Å². The highest BCUT2D eigenvalue weighted by Gasteiger charge is 2.13. The molecule has 1 atom stereocenters. The third kappa shape index (κ3) is 2.20. The fraction of sp³-hybridized carbons (Fsp3) is 0.308. The van der Waals surface area contributed by atoms with E-state index in [1.54, 1.807) is 13.3 Å². The van der Waals surface area contributed by atoms with Crippen molar-refractivity contribution in [2.24, 2.45) is 0 Å². The lowest BCUT2D eigenvalue weighted by Gasteiger charge is -2.14. The molecule has 3 aromatic heterocycles. The van der Waals surface area contributed by atoms with Crippen LogP contribution in [0.4, 0.5) is 0 Å². The first-order valence-corrected chi connectivity index (χ1v) is 6.72. The van der Waals surface area contributed by atoms with Crippen LogP contribution in [-0.2, 0) is 6.54 Å². The second-order valence-corrected chi connectivity index (χ2v) is 4.99. The van der Waals surface area contributed by atoms with Gasteiger partial charge in [0.15, 0.2) is 10.4 Å². The van der Waals surface area contributed by atoms with E-state index < -0.39 is 0 Å². The number of imidazole rings is 1. The fourth-order valence-corrected chi connectivity index (χ4v) is 2.64. The first kappa shape index (κ1) is 12.9. The van der Waals surface area contributed by atoms with E-state index in [1.165, 1.54) is 0 Å². The zero-order chi connectivity index (χ0) is 14.1. The predicted molar refractivity (Wildman–Crippen MR) is 78.4 cm³/mol. The summed E-state index contributed by atoms with van der Waals surface area (Å²) in [5, 5.41) is 4.22. The minimum Gasteiger partial charge on any atom is -0.481 e. The molecule has 20 heavy (non-hydrogen) atoms. The van der Waals surface area contributed by atoms with Crippen LogP contribution < -0.4 is 4.74 Å². The highest BCUT2D eigenvalue weighted by molar-refractivity contribution is 7.71. The molecule has 0 aliphatic rings. The molecule has 3 aromatic rings. The average Bonchev–Trinajstić information content (AvgIpc) is 3.04. The Morgan fingerprint density at radius 3 is 3.00 bits per heavy atom. The third-order valence-corrected chi connectivity index (χ3v) is 3.50. The Labute approximate surface area is 121 Å². The van der Waals surface area contributed by atoms with Crippen LogP contribution in [0.3, 0.4) is 0 Å². The van der Waals surface area contributed by atoms with E-state index in [4.69, 9.17) is 17.0 Å². The van der Waals surface area contributed by atoms with Gasteiger partial charge >= 0.3 is 0 Å². The van der Waals surface area contributed by atoms with Crippen LogP contribution >= 0.6 is 12.2 Å². The number of aromatic nitrogens is 5. The molecular formula is C13H15N5OS. The van der Waals surface area contributed by atoms with E-state index in [2.05, 4.69) is 22.0 Å². The molecule has 1 unspecified atom stereocenters. The summed E-state index contributed by atoms with van der Waals surface area (Å²) in [4.78, 5) is 7.65. The maximum atomic E-state index is 5.40. The quantitative estimate of drug-likeness (QED) is 0.750. The molecule has 7 heteroatoms. The number of nitrogens with zero attached hydrogens (tertiary/aromatic N) is 4. The van der Waals surface area contributed by atoms with Crippen molar-refractivity contribution in [2.45, 2.75) is 19.5 Å². The second kappa shape index (κ2) is 5.09. The molecule has 0 fully saturated rings. The van der Waals surface area contributed by atoms with Crippen molar-refractivity contribution in [3.05, 3.63) is 35.4 Å². The normalized spacial score (nSPS) is 12.7. The third-order valence-electron chi connectivity index (χ3n) is 3.20. The van der Waals surface area contributed by atoms with Crippen LogP contribution in [0.2, 0.25) is 0 Å². The Morgan fingerprint density at radius 1 is 1.45 bits per heavy atom. The first-order chi connectivity index (χ1) is 9.69. The lowest BCUT2D eigenvalue weighted by molar-refractivity contribution is 0.397. The SMILES string of the molecule is COc1ccc2[nH]c(=S)n(C(C)Cn3cccn3)c2n1. The molecule has 0 bridgehead atoms. The van der Waals surface area contributed by atoms with Crippen LogP contribution in [0.1, 0.15) is 13.0 Å². The van der Waals surface area contributed by atoms with Gasteiger partial charge in [-0.3, -0.25) is 9.25 Å². The van der Waals surface area contributed by atoms with Crippen LogP contribution in [0.25, 0.3) is 11.2 Å². The standard InChI is InChI=1S/C13H15N5OS/c1-9(8-17-7-3-6-14-17)18-12-10(15-13(18)20)4-5-11(16-12)19-2/h3-7,9H,8H2,1-2H3,(H,15,20). The molecule has 0 spiro atoms. The molecule has 3 rings (SSSR count). The fourth-order valence-electron chi connectivity index (χ4n) is 2.27. The first-order valence-electron chi connectivity index (χ1n) is 6.31. The van der Waals surface area contributed by atoms with Gasteiger partial charge in [0.1, 0.15) is 0 Å². The summed E-state index contributed by atoms with van der Waals surface area (Å²) in [7, 11) is 1.60. The summed E-state index contributed by atoms with van der Waals surface area (Å²) < 4.78 is 9.71. The van der Waals surface area contributed by atoms with Crippen molar-refractivity contribution in [3.8, 4) is 5.88 Å². The molecule has 0 radical (unpaired) electrons. The van der Waals surface area contributed by atoms with Gasteiger partial charge < -0.3 is 9.72 Å². The number of aromatic amines is 1. The van der Waals surface area contributed by atoms with Gasteiger partial charge in [0.25, 0.3) is 0 Å². The van der Waals surface area contributed by atoms with E-state index in [0.717, 1.165) is 17.7 Å². The van der Waals surface area contributed by atoms with Gasteiger partial charge in [-0.25, -0.2) is 0 Å². The van der Waals surface area contributed by atoms with Crippen molar-refractivity contribution < 1.29 is 4.74 Å². The number of hydrogen-bond acceptors (Lipinski definition) is 4. The van der Waals surface area contributed by atoms with Crippen molar-refractivity contribution in [1.29, 1.82) is 0 Å². The van der Waals surface area contributed by atoms with Gasteiger partial charge in [0, 0.05) is 18.5 Å². The Kier molecular flexibility index (Phi) is 3.27. The van der Waals surface area contributed by atoms with Gasteiger partial charge in [-0.15, -0.1) is 0 Å². The summed E-state index contributed by atoms with van der Waals surface area (Å²) in [6, 6.07) is 5.78. The molecule has 1 N–H and O–H groups in total. The zero-order valence-electron chi connectivity index (χ0n) is 11.3. The van der Waals surface area contributed by atoms with Gasteiger partial charge in [0.05, 0.1) is 25.2 Å². The number of H-pyrrole nitrogens is 1. The molecular weight excluding hydrogens is 274 g/mol. The topological polar surface area (TPSA) is 60.7 Å². The van der Waals surface area contributed by atoms with Crippen molar-refractivity contribution in [1.82, 2.24) is 24.3 Å². The van der Waals surface area contributed by atoms with E-state index >= 15 is 0 Å². The van der Waals surface area contributed by atoms with Crippen molar-refractivity contribution >= 4 is 23.4 Å². The largest absolute Gasteiger partial charge is 0.481 e. The number of pyridine rings is 1. The molecule has 6 nitrogen and oxygen atoms in total. The summed E-state index contributed by atoms with van der Waals surface area (Å²) in [5.41, 5.74) is 1.71. The number of fused-ring (bicyclic) bond motifs is 1. The molecule has 0 amide bonds. The van der Waals surface area contributed by atoms with Crippen LogP contribution in [-0.4, -0.2) is 31.4 Å². The lowest BCUT2D eigenvalue weighted by Crippen LogP contribution is -2.14. The zero-order valence-corrected chi connectivity index (χ0v) is 12.1. The molecule has 0 aliphatic carbocycles. The van der Waals surface area contributed by atoms with E-state index in [-0.39, 0.29) is 6.04 Å². The Hall–Kier alpha value is -2.15. The molecule has 0 saturated heterocycles. The highest BCUT2D eigenvalue weighted by Crippen LogP contribution is 2.21. The number of hydrogen-bond donors (Lipinski definition) is 1. The highest BCUT2D eigenvalue weighted by atomic mass is 32.1. The van der Waals surface area contributed by atoms with Crippen LogP contribution in [0, 0.1) is 4.77 Å². The van der Waals surface area contributed by atoms with Crippen molar-refractivity contribution in [2.75, 3.05) is 7.11 Å². The van der Waals surface area contributed by atoms with E-state index in [1.807, 2.05) is 33.6 Å².